The summed E-state index contributed by atoms with van der Waals surface area (Å²) in [6.45, 7) is 1.45. The second-order valence-corrected chi connectivity index (χ2v) is 5.20. The summed E-state index contributed by atoms with van der Waals surface area (Å²) in [5.41, 5.74) is 1.95. The number of rotatable bonds is 7. The molecule has 134 valence electrons. The van der Waals surface area contributed by atoms with Crippen molar-refractivity contribution in [3.8, 4) is 11.5 Å². The van der Waals surface area contributed by atoms with Crippen molar-refractivity contribution in [2.45, 2.75) is 27.0 Å². The number of hydrogen-bond acceptors (Lipinski definition) is 3. The van der Waals surface area contributed by atoms with Gasteiger partial charge in [0.25, 0.3) is 0 Å². The zero-order valence-corrected chi connectivity index (χ0v) is 14.0. The van der Waals surface area contributed by atoms with Crippen LogP contribution >= 0.6 is 0 Å². The lowest BCUT2D eigenvalue weighted by atomic mass is 10.2. The molecule has 0 bridgehead atoms. The second kappa shape index (κ2) is 8.86. The molecule has 2 aromatic carbocycles. The highest BCUT2D eigenvalue weighted by molar-refractivity contribution is 5.90. The van der Waals surface area contributed by atoms with Gasteiger partial charge in [0.05, 0.1) is 6.61 Å². The van der Waals surface area contributed by atoms with Crippen LogP contribution in [-0.4, -0.2) is 19.2 Å². The Morgan fingerprint density at radius 1 is 1.20 bits per heavy atom. The van der Waals surface area contributed by atoms with Gasteiger partial charge in [-0.05, 0) is 43.7 Å². The van der Waals surface area contributed by atoms with Crippen molar-refractivity contribution in [2.24, 2.45) is 0 Å². The number of aryl methyl sites for hydroxylation is 1. The van der Waals surface area contributed by atoms with E-state index in [1.165, 1.54) is 6.07 Å². The summed E-state index contributed by atoms with van der Waals surface area (Å²) >= 11 is 0. The molecule has 0 aromatic heterocycles. The largest absolute Gasteiger partial charge is 0.494 e. The predicted molar refractivity (Wildman–Crippen MR) is 91.3 cm³/mol. The lowest BCUT2D eigenvalue weighted by molar-refractivity contribution is -0.0504. The van der Waals surface area contributed by atoms with Crippen LogP contribution in [-0.2, 0) is 6.54 Å². The smallest absolute Gasteiger partial charge is 0.387 e. The maximum Gasteiger partial charge on any atom is 0.387 e. The van der Waals surface area contributed by atoms with Crippen molar-refractivity contribution in [2.75, 3.05) is 11.9 Å². The molecule has 0 atom stereocenters. The average Bonchev–Trinajstić information content (AvgIpc) is 2.56. The first kappa shape index (κ1) is 18.5. The number of carbonyl (C=O) groups is 1. The fourth-order valence-corrected chi connectivity index (χ4v) is 2.24. The standard InChI is InChI=1S/C18H20F2N2O3/c1-3-24-14-8-9-15(12(2)10-14)22-18(23)21-11-13-6-4-5-7-16(13)25-17(19)20/h4-10,17H,3,11H2,1-2H3,(H2,21,22,23). The van der Waals surface area contributed by atoms with E-state index in [1.807, 2.05) is 19.9 Å². The maximum atomic E-state index is 12.4. The summed E-state index contributed by atoms with van der Waals surface area (Å²) in [5.74, 6) is 0.763. The third-order valence-corrected chi connectivity index (χ3v) is 3.39. The molecule has 7 heteroatoms. The molecular formula is C18H20F2N2O3. The molecule has 0 unspecified atom stereocenters. The van der Waals surface area contributed by atoms with E-state index in [4.69, 9.17) is 4.74 Å². The van der Waals surface area contributed by atoms with E-state index in [0.29, 0.717) is 17.9 Å². The molecule has 0 aliphatic heterocycles. The van der Waals surface area contributed by atoms with E-state index < -0.39 is 12.6 Å². The van der Waals surface area contributed by atoms with Crippen molar-refractivity contribution in [3.63, 3.8) is 0 Å². The Morgan fingerprint density at radius 3 is 2.64 bits per heavy atom. The fourth-order valence-electron chi connectivity index (χ4n) is 2.24. The van der Waals surface area contributed by atoms with E-state index >= 15 is 0 Å². The van der Waals surface area contributed by atoms with Gasteiger partial charge >= 0.3 is 12.6 Å². The van der Waals surface area contributed by atoms with Crippen LogP contribution in [0.5, 0.6) is 11.5 Å². The van der Waals surface area contributed by atoms with Crippen LogP contribution in [0.25, 0.3) is 0 Å². The SMILES string of the molecule is CCOc1ccc(NC(=O)NCc2ccccc2OC(F)F)c(C)c1. The molecule has 0 saturated heterocycles. The Labute approximate surface area is 144 Å². The molecule has 2 amide bonds. The number of urea groups is 1. The highest BCUT2D eigenvalue weighted by Crippen LogP contribution is 2.22. The summed E-state index contributed by atoms with van der Waals surface area (Å²) in [4.78, 5) is 12.0. The molecule has 2 N–H and O–H groups in total. The Kier molecular flexibility index (Phi) is 6.56. The van der Waals surface area contributed by atoms with Gasteiger partial charge in [0.1, 0.15) is 11.5 Å². The second-order valence-electron chi connectivity index (χ2n) is 5.20. The molecule has 2 aromatic rings. The van der Waals surface area contributed by atoms with Gasteiger partial charge in [-0.2, -0.15) is 8.78 Å². The monoisotopic (exact) mass is 350 g/mol. The molecule has 0 aliphatic rings. The van der Waals surface area contributed by atoms with Gasteiger partial charge < -0.3 is 20.1 Å². The Morgan fingerprint density at radius 2 is 1.96 bits per heavy atom. The Balaban J connectivity index is 1.95. The van der Waals surface area contributed by atoms with Crippen LogP contribution < -0.4 is 20.1 Å². The minimum atomic E-state index is -2.92. The van der Waals surface area contributed by atoms with E-state index in [1.54, 1.807) is 30.3 Å². The van der Waals surface area contributed by atoms with Crippen LogP contribution in [0.1, 0.15) is 18.1 Å². The normalized spacial score (nSPS) is 10.4. The number of halogens is 2. The van der Waals surface area contributed by atoms with E-state index in [-0.39, 0.29) is 12.3 Å². The first-order chi connectivity index (χ1) is 12.0. The van der Waals surface area contributed by atoms with E-state index in [2.05, 4.69) is 15.4 Å². The molecule has 0 fully saturated rings. The highest BCUT2D eigenvalue weighted by Gasteiger charge is 2.11. The predicted octanol–water partition coefficient (Wildman–Crippen LogP) is 4.32. The zero-order valence-electron chi connectivity index (χ0n) is 14.0. The fraction of sp³-hybridized carbons (Fsp3) is 0.278. The summed E-state index contributed by atoms with van der Waals surface area (Å²) in [6, 6.07) is 11.2. The molecule has 0 heterocycles. The van der Waals surface area contributed by atoms with Gasteiger partial charge in [-0.15, -0.1) is 0 Å². The van der Waals surface area contributed by atoms with Gasteiger partial charge in [0, 0.05) is 17.8 Å². The molecule has 0 saturated carbocycles. The molecular weight excluding hydrogens is 330 g/mol. The molecule has 0 spiro atoms. The molecule has 2 rings (SSSR count). The average molecular weight is 350 g/mol. The zero-order chi connectivity index (χ0) is 18.2. The lowest BCUT2D eigenvalue weighted by Crippen LogP contribution is -2.28. The van der Waals surface area contributed by atoms with E-state index in [0.717, 1.165) is 11.3 Å². The number of hydrogen-bond donors (Lipinski definition) is 2. The number of nitrogens with one attached hydrogen (secondary N) is 2. The summed E-state index contributed by atoms with van der Waals surface area (Å²) in [7, 11) is 0. The number of anilines is 1. The van der Waals surface area contributed by atoms with Gasteiger partial charge in [-0.25, -0.2) is 4.79 Å². The van der Waals surface area contributed by atoms with Crippen LogP contribution in [0.3, 0.4) is 0 Å². The van der Waals surface area contributed by atoms with Gasteiger partial charge in [0.2, 0.25) is 0 Å². The first-order valence-electron chi connectivity index (χ1n) is 7.80. The Hall–Kier alpha value is -2.83. The minimum absolute atomic E-state index is 0.0371. The van der Waals surface area contributed by atoms with Gasteiger partial charge in [0.15, 0.2) is 0 Å². The third-order valence-electron chi connectivity index (χ3n) is 3.39. The topological polar surface area (TPSA) is 59.6 Å². The first-order valence-corrected chi connectivity index (χ1v) is 7.80. The molecule has 5 nitrogen and oxygen atoms in total. The molecule has 0 radical (unpaired) electrons. The number of carbonyl (C=O) groups excluding carboxylic acids is 1. The number of amides is 2. The van der Waals surface area contributed by atoms with Crippen molar-refractivity contribution in [3.05, 3.63) is 53.6 Å². The van der Waals surface area contributed by atoms with Crippen molar-refractivity contribution < 1.29 is 23.0 Å². The number of benzene rings is 2. The maximum absolute atomic E-state index is 12.4. The summed E-state index contributed by atoms with van der Waals surface area (Å²) in [6.07, 6.45) is 0. The van der Waals surface area contributed by atoms with Gasteiger partial charge in [-0.3, -0.25) is 0 Å². The van der Waals surface area contributed by atoms with Crippen LogP contribution in [0.4, 0.5) is 19.3 Å². The lowest BCUT2D eigenvalue weighted by Gasteiger charge is -2.13. The van der Waals surface area contributed by atoms with Crippen molar-refractivity contribution in [1.82, 2.24) is 5.32 Å². The Bertz CT molecular complexity index is 723. The molecule has 0 aliphatic carbocycles. The van der Waals surface area contributed by atoms with Crippen molar-refractivity contribution >= 4 is 11.7 Å². The van der Waals surface area contributed by atoms with Gasteiger partial charge in [-0.1, -0.05) is 18.2 Å². The van der Waals surface area contributed by atoms with Crippen molar-refractivity contribution in [1.29, 1.82) is 0 Å². The highest BCUT2D eigenvalue weighted by atomic mass is 19.3. The van der Waals surface area contributed by atoms with Crippen LogP contribution in [0, 0.1) is 6.92 Å². The summed E-state index contributed by atoms with van der Waals surface area (Å²) < 4.78 is 34.6. The molecule has 25 heavy (non-hydrogen) atoms. The van der Waals surface area contributed by atoms with Crippen LogP contribution in [0.2, 0.25) is 0 Å². The van der Waals surface area contributed by atoms with E-state index in [9.17, 15) is 13.6 Å². The summed E-state index contributed by atoms with van der Waals surface area (Å²) in [5, 5.41) is 5.34. The quantitative estimate of drug-likeness (QED) is 0.782. The third kappa shape index (κ3) is 5.63. The number of ether oxygens (including phenoxy) is 2. The van der Waals surface area contributed by atoms with Crippen LogP contribution in [0.15, 0.2) is 42.5 Å². The number of para-hydroxylation sites is 1. The minimum Gasteiger partial charge on any atom is -0.494 e. The number of alkyl halides is 2.